The molecule has 1 atom stereocenters. The lowest BCUT2D eigenvalue weighted by molar-refractivity contribution is -0.137. The van der Waals surface area contributed by atoms with E-state index in [1.54, 1.807) is 12.1 Å². The van der Waals surface area contributed by atoms with Crippen LogP contribution in [0.2, 0.25) is 0 Å². The molecule has 0 radical (unpaired) electrons. The van der Waals surface area contributed by atoms with Crippen molar-refractivity contribution in [2.45, 2.75) is 31.6 Å². The average molecular weight is 516 g/mol. The molecule has 37 heavy (non-hydrogen) atoms. The third-order valence-corrected chi connectivity index (χ3v) is 6.23. The van der Waals surface area contributed by atoms with Crippen molar-refractivity contribution in [3.63, 3.8) is 0 Å². The van der Waals surface area contributed by atoms with Gasteiger partial charge in [0.2, 0.25) is 11.8 Å². The highest BCUT2D eigenvalue weighted by molar-refractivity contribution is 5.82. The number of ether oxygens (including phenoxy) is 2. The van der Waals surface area contributed by atoms with Crippen LogP contribution in [-0.4, -0.2) is 33.8 Å². The molecule has 7 nitrogen and oxygen atoms in total. The van der Waals surface area contributed by atoms with Crippen molar-refractivity contribution in [2.75, 3.05) is 23.8 Å². The molecule has 3 heterocycles. The number of fused-ring (bicyclic) bond motifs is 1. The Morgan fingerprint density at radius 2 is 1.95 bits per heavy atom. The largest absolute Gasteiger partial charge is 0.439 e. The molecule has 1 saturated heterocycles. The number of aromatic nitrogens is 3. The van der Waals surface area contributed by atoms with Crippen LogP contribution in [0.15, 0.2) is 54.7 Å². The number of pyridine rings is 1. The van der Waals surface area contributed by atoms with Crippen LogP contribution in [-0.2, 0) is 18.0 Å². The first-order valence-corrected chi connectivity index (χ1v) is 11.8. The lowest BCUT2D eigenvalue weighted by atomic mass is 10.0. The van der Waals surface area contributed by atoms with Crippen LogP contribution in [0.4, 0.5) is 29.2 Å². The van der Waals surface area contributed by atoms with Crippen LogP contribution in [0.5, 0.6) is 11.6 Å². The predicted molar refractivity (Wildman–Crippen MR) is 131 cm³/mol. The fourth-order valence-corrected chi connectivity index (χ4v) is 4.10. The van der Waals surface area contributed by atoms with Gasteiger partial charge in [0.05, 0.1) is 41.9 Å². The van der Waals surface area contributed by atoms with Crippen molar-refractivity contribution in [3.05, 3.63) is 71.7 Å². The number of benzene rings is 2. The Labute approximate surface area is 210 Å². The number of halogens is 4. The van der Waals surface area contributed by atoms with E-state index in [9.17, 15) is 13.2 Å². The molecule has 5 rings (SSSR count). The second-order valence-electron chi connectivity index (χ2n) is 8.85. The Balaban J connectivity index is 1.31. The summed E-state index contributed by atoms with van der Waals surface area (Å²) in [4.78, 5) is 8.33. The molecule has 0 saturated carbocycles. The van der Waals surface area contributed by atoms with Gasteiger partial charge in [-0.15, -0.1) is 0 Å². The van der Waals surface area contributed by atoms with E-state index in [1.165, 1.54) is 6.07 Å². The van der Waals surface area contributed by atoms with E-state index in [-0.39, 0.29) is 17.7 Å². The second kappa shape index (κ2) is 9.89. The van der Waals surface area contributed by atoms with Gasteiger partial charge in [0.15, 0.2) is 0 Å². The van der Waals surface area contributed by atoms with Gasteiger partial charge in [0.25, 0.3) is 0 Å². The molecule has 0 bridgehead atoms. The zero-order chi connectivity index (χ0) is 26.2. The van der Waals surface area contributed by atoms with E-state index in [0.29, 0.717) is 43.4 Å². The SMILES string of the molecule is CCC(Nc1nc2ccc(NC3COC3)cc2n1C)c1ccc(Oc2ccc(C(F)(F)F)cn2)cc1F. The molecule has 0 aliphatic carbocycles. The fraction of sp³-hybridized carbons (Fsp3) is 0.308. The molecule has 2 aromatic carbocycles. The van der Waals surface area contributed by atoms with E-state index in [4.69, 9.17) is 9.47 Å². The summed E-state index contributed by atoms with van der Waals surface area (Å²) in [6.07, 6.45) is -3.24. The summed E-state index contributed by atoms with van der Waals surface area (Å²) < 4.78 is 65.9. The van der Waals surface area contributed by atoms with Gasteiger partial charge in [0.1, 0.15) is 11.6 Å². The van der Waals surface area contributed by atoms with Gasteiger partial charge in [-0.2, -0.15) is 13.2 Å². The number of alkyl halides is 3. The summed E-state index contributed by atoms with van der Waals surface area (Å²) >= 11 is 0. The Bertz CT molecular complexity index is 1400. The summed E-state index contributed by atoms with van der Waals surface area (Å²) in [6.45, 7) is 3.30. The van der Waals surface area contributed by atoms with Gasteiger partial charge in [0, 0.05) is 36.6 Å². The number of imidazole rings is 1. The maximum atomic E-state index is 15.1. The number of aryl methyl sites for hydroxylation is 1. The minimum atomic E-state index is -4.49. The normalized spacial score (nSPS) is 14.9. The topological polar surface area (TPSA) is 73.2 Å². The minimum absolute atomic E-state index is 0.0660. The molecule has 11 heteroatoms. The van der Waals surface area contributed by atoms with Crippen LogP contribution in [0.1, 0.15) is 30.5 Å². The Morgan fingerprint density at radius 1 is 1.14 bits per heavy atom. The van der Waals surface area contributed by atoms with Gasteiger partial charge < -0.3 is 24.7 Å². The van der Waals surface area contributed by atoms with Crippen molar-refractivity contribution in [2.24, 2.45) is 7.05 Å². The number of nitrogens with zero attached hydrogens (tertiary/aromatic N) is 3. The van der Waals surface area contributed by atoms with Crippen molar-refractivity contribution in [1.29, 1.82) is 0 Å². The predicted octanol–water partition coefficient (Wildman–Crippen LogP) is 6.29. The molecular formula is C26H25F4N5O2. The number of anilines is 2. The lowest BCUT2D eigenvalue weighted by Crippen LogP contribution is -2.40. The Kier molecular flexibility index (Phi) is 6.63. The quantitative estimate of drug-likeness (QED) is 0.269. The van der Waals surface area contributed by atoms with E-state index in [0.717, 1.165) is 28.9 Å². The zero-order valence-corrected chi connectivity index (χ0v) is 20.1. The van der Waals surface area contributed by atoms with Crippen molar-refractivity contribution in [3.8, 4) is 11.6 Å². The molecule has 1 fully saturated rings. The van der Waals surface area contributed by atoms with Crippen LogP contribution in [0.3, 0.4) is 0 Å². The minimum Gasteiger partial charge on any atom is -0.439 e. The Hall–Kier alpha value is -3.86. The van der Waals surface area contributed by atoms with E-state index in [1.807, 2.05) is 36.7 Å². The third-order valence-electron chi connectivity index (χ3n) is 6.23. The molecule has 2 N–H and O–H groups in total. The highest BCUT2D eigenvalue weighted by Crippen LogP contribution is 2.32. The summed E-state index contributed by atoms with van der Waals surface area (Å²) in [7, 11) is 1.89. The molecule has 194 valence electrons. The van der Waals surface area contributed by atoms with Crippen LogP contribution in [0, 0.1) is 5.82 Å². The molecular weight excluding hydrogens is 490 g/mol. The summed E-state index contributed by atoms with van der Waals surface area (Å²) in [5, 5.41) is 6.75. The number of hydrogen-bond donors (Lipinski definition) is 2. The number of nitrogens with one attached hydrogen (secondary N) is 2. The van der Waals surface area contributed by atoms with E-state index >= 15 is 4.39 Å². The average Bonchev–Trinajstić information content (AvgIpc) is 3.15. The third kappa shape index (κ3) is 5.31. The van der Waals surface area contributed by atoms with Crippen molar-refractivity contribution < 1.29 is 27.0 Å². The van der Waals surface area contributed by atoms with Gasteiger partial charge in [-0.3, -0.25) is 0 Å². The molecule has 1 unspecified atom stereocenters. The fourth-order valence-electron chi connectivity index (χ4n) is 4.10. The summed E-state index contributed by atoms with van der Waals surface area (Å²) in [6, 6.07) is 12.1. The van der Waals surface area contributed by atoms with Crippen LogP contribution >= 0.6 is 0 Å². The van der Waals surface area contributed by atoms with Gasteiger partial charge >= 0.3 is 6.18 Å². The monoisotopic (exact) mass is 515 g/mol. The maximum Gasteiger partial charge on any atom is 0.417 e. The summed E-state index contributed by atoms with van der Waals surface area (Å²) in [5.74, 6) is 0.142. The number of rotatable bonds is 8. The molecule has 0 amide bonds. The molecule has 2 aromatic heterocycles. The highest BCUT2D eigenvalue weighted by Gasteiger charge is 2.30. The lowest BCUT2D eigenvalue weighted by Gasteiger charge is -2.27. The van der Waals surface area contributed by atoms with Gasteiger partial charge in [-0.05, 0) is 36.8 Å². The summed E-state index contributed by atoms with van der Waals surface area (Å²) in [5.41, 5.74) is 2.24. The van der Waals surface area contributed by atoms with Gasteiger partial charge in [-0.25, -0.2) is 14.4 Å². The first-order valence-electron chi connectivity index (χ1n) is 11.8. The van der Waals surface area contributed by atoms with Crippen molar-refractivity contribution >= 4 is 22.7 Å². The second-order valence-corrected chi connectivity index (χ2v) is 8.85. The molecule has 0 spiro atoms. The van der Waals surface area contributed by atoms with E-state index in [2.05, 4.69) is 20.6 Å². The highest BCUT2D eigenvalue weighted by atomic mass is 19.4. The number of hydrogen-bond acceptors (Lipinski definition) is 6. The van der Waals surface area contributed by atoms with Crippen LogP contribution < -0.4 is 15.4 Å². The molecule has 1 aliphatic heterocycles. The zero-order valence-electron chi connectivity index (χ0n) is 20.1. The smallest absolute Gasteiger partial charge is 0.417 e. The first kappa shape index (κ1) is 24.8. The standard InChI is InChI=1S/C26H25F4N5O2/c1-3-21(33-25-34-22-8-5-16(10-23(22)35(25)2)32-17-13-36-14-17)19-7-6-18(11-20(19)27)37-24-9-4-15(12-31-24)26(28,29)30/h4-12,17,21,32H,3,13-14H2,1-2H3,(H,33,34). The molecule has 4 aromatic rings. The molecule has 1 aliphatic rings. The van der Waals surface area contributed by atoms with Gasteiger partial charge in [-0.1, -0.05) is 13.0 Å². The Morgan fingerprint density at radius 3 is 2.57 bits per heavy atom. The first-order chi connectivity index (χ1) is 17.7. The van der Waals surface area contributed by atoms with Crippen molar-refractivity contribution in [1.82, 2.24) is 14.5 Å². The van der Waals surface area contributed by atoms with Crippen LogP contribution in [0.25, 0.3) is 11.0 Å². The maximum absolute atomic E-state index is 15.1. The van der Waals surface area contributed by atoms with E-state index < -0.39 is 17.6 Å².